The standard InChI is InChI=1S/C17H22N2/c1-13-7-9-14(10-8-13)11-16-12-17(19-18-16)15-5-3-2-4-6-15/h7-10,12,15H,2-6,11H2,1H3,(H,18,19). The number of H-pyrrole nitrogens is 1. The van der Waals surface area contributed by atoms with Crippen molar-refractivity contribution in [3.8, 4) is 0 Å². The van der Waals surface area contributed by atoms with Crippen LogP contribution >= 0.6 is 0 Å². The fourth-order valence-electron chi connectivity index (χ4n) is 3.00. The van der Waals surface area contributed by atoms with Gasteiger partial charge in [0.1, 0.15) is 0 Å². The third kappa shape index (κ3) is 3.06. The number of aromatic amines is 1. The Kier molecular flexibility index (Phi) is 3.67. The lowest BCUT2D eigenvalue weighted by molar-refractivity contribution is 0.436. The highest BCUT2D eigenvalue weighted by atomic mass is 15.1. The van der Waals surface area contributed by atoms with Crippen molar-refractivity contribution in [2.24, 2.45) is 0 Å². The number of nitrogens with zero attached hydrogens (tertiary/aromatic N) is 1. The zero-order chi connectivity index (χ0) is 13.1. The largest absolute Gasteiger partial charge is 0.282 e. The molecule has 0 unspecified atom stereocenters. The molecule has 1 saturated carbocycles. The van der Waals surface area contributed by atoms with Crippen molar-refractivity contribution in [3.63, 3.8) is 0 Å². The third-order valence-corrected chi connectivity index (χ3v) is 4.19. The molecule has 1 aliphatic rings. The first kappa shape index (κ1) is 12.5. The van der Waals surface area contributed by atoms with E-state index in [1.807, 2.05) is 0 Å². The number of nitrogens with one attached hydrogen (secondary N) is 1. The van der Waals surface area contributed by atoms with Gasteiger partial charge >= 0.3 is 0 Å². The minimum atomic E-state index is 0.691. The Bertz CT molecular complexity index is 518. The molecule has 0 spiro atoms. The normalized spacial score (nSPS) is 16.7. The average Bonchev–Trinajstić information content (AvgIpc) is 2.91. The zero-order valence-corrected chi connectivity index (χ0v) is 11.7. The van der Waals surface area contributed by atoms with Crippen LogP contribution in [0.2, 0.25) is 0 Å². The van der Waals surface area contributed by atoms with E-state index in [1.165, 1.54) is 54.6 Å². The van der Waals surface area contributed by atoms with Crippen LogP contribution in [0.4, 0.5) is 0 Å². The molecule has 2 nitrogen and oxygen atoms in total. The number of hydrogen-bond donors (Lipinski definition) is 1. The predicted molar refractivity (Wildman–Crippen MR) is 78.4 cm³/mol. The van der Waals surface area contributed by atoms with Crippen LogP contribution in [0.5, 0.6) is 0 Å². The van der Waals surface area contributed by atoms with E-state index < -0.39 is 0 Å². The van der Waals surface area contributed by atoms with Crippen LogP contribution in [0.25, 0.3) is 0 Å². The molecule has 2 aromatic rings. The fourth-order valence-corrected chi connectivity index (χ4v) is 3.00. The van der Waals surface area contributed by atoms with Gasteiger partial charge < -0.3 is 0 Å². The zero-order valence-electron chi connectivity index (χ0n) is 11.7. The summed E-state index contributed by atoms with van der Waals surface area (Å²) in [5.41, 5.74) is 5.19. The van der Waals surface area contributed by atoms with Gasteiger partial charge in [0.25, 0.3) is 0 Å². The first-order chi connectivity index (χ1) is 9.31. The molecular weight excluding hydrogens is 232 g/mol. The van der Waals surface area contributed by atoms with Gasteiger partial charge in [-0.1, -0.05) is 49.1 Å². The number of hydrogen-bond acceptors (Lipinski definition) is 1. The lowest BCUT2D eigenvalue weighted by Gasteiger charge is -2.19. The maximum Gasteiger partial charge on any atom is 0.0655 e. The minimum absolute atomic E-state index is 0.691. The van der Waals surface area contributed by atoms with E-state index in [4.69, 9.17) is 0 Å². The lowest BCUT2D eigenvalue weighted by Crippen LogP contribution is -2.04. The number of rotatable bonds is 3. The maximum absolute atomic E-state index is 4.53. The second-order valence-electron chi connectivity index (χ2n) is 5.82. The summed E-state index contributed by atoms with van der Waals surface area (Å²) in [4.78, 5) is 0. The van der Waals surface area contributed by atoms with Gasteiger partial charge in [0.05, 0.1) is 5.69 Å². The summed E-state index contributed by atoms with van der Waals surface area (Å²) in [7, 11) is 0. The van der Waals surface area contributed by atoms with Crippen molar-refractivity contribution < 1.29 is 0 Å². The summed E-state index contributed by atoms with van der Waals surface area (Å²) >= 11 is 0. The average molecular weight is 254 g/mol. The molecule has 2 heteroatoms. The predicted octanol–water partition coefficient (Wildman–Crippen LogP) is 4.36. The quantitative estimate of drug-likeness (QED) is 0.866. The maximum atomic E-state index is 4.53. The Balaban J connectivity index is 1.68. The molecule has 1 aliphatic carbocycles. The first-order valence-electron chi connectivity index (χ1n) is 7.41. The Morgan fingerprint density at radius 2 is 1.84 bits per heavy atom. The highest BCUT2D eigenvalue weighted by Gasteiger charge is 2.18. The molecule has 3 rings (SSSR count). The summed E-state index contributed by atoms with van der Waals surface area (Å²) in [6.07, 6.45) is 7.72. The summed E-state index contributed by atoms with van der Waals surface area (Å²) in [6, 6.07) is 11.0. The molecule has 19 heavy (non-hydrogen) atoms. The molecule has 100 valence electrons. The highest BCUT2D eigenvalue weighted by Crippen LogP contribution is 2.31. The van der Waals surface area contributed by atoms with Crippen LogP contribution in [0.15, 0.2) is 30.3 Å². The Morgan fingerprint density at radius 3 is 2.58 bits per heavy atom. The molecule has 1 N–H and O–H groups in total. The lowest BCUT2D eigenvalue weighted by atomic mass is 9.87. The molecule has 0 atom stereocenters. The SMILES string of the molecule is Cc1ccc(Cc2cc(C3CCCCC3)n[nH]2)cc1. The molecule has 1 heterocycles. The van der Waals surface area contributed by atoms with E-state index >= 15 is 0 Å². The van der Waals surface area contributed by atoms with Crippen LogP contribution in [0, 0.1) is 6.92 Å². The van der Waals surface area contributed by atoms with E-state index in [2.05, 4.69) is 47.5 Å². The monoisotopic (exact) mass is 254 g/mol. The minimum Gasteiger partial charge on any atom is -0.282 e. The number of benzene rings is 1. The molecule has 0 aliphatic heterocycles. The van der Waals surface area contributed by atoms with E-state index in [9.17, 15) is 0 Å². The fraction of sp³-hybridized carbons (Fsp3) is 0.471. The van der Waals surface area contributed by atoms with Crippen LogP contribution in [0.1, 0.15) is 60.5 Å². The van der Waals surface area contributed by atoms with Crippen LogP contribution in [-0.2, 0) is 6.42 Å². The second-order valence-corrected chi connectivity index (χ2v) is 5.82. The smallest absolute Gasteiger partial charge is 0.0655 e. The Labute approximate surface area is 115 Å². The summed E-state index contributed by atoms with van der Waals surface area (Å²) in [6.45, 7) is 2.13. The molecular formula is C17H22N2. The topological polar surface area (TPSA) is 28.7 Å². The van der Waals surface area contributed by atoms with Gasteiger partial charge in [0.15, 0.2) is 0 Å². The van der Waals surface area contributed by atoms with Crippen molar-refractivity contribution in [1.82, 2.24) is 10.2 Å². The first-order valence-corrected chi connectivity index (χ1v) is 7.41. The number of aryl methyl sites for hydroxylation is 1. The third-order valence-electron chi connectivity index (χ3n) is 4.19. The van der Waals surface area contributed by atoms with Gasteiger partial charge in [0.2, 0.25) is 0 Å². The van der Waals surface area contributed by atoms with Crippen LogP contribution in [0.3, 0.4) is 0 Å². The van der Waals surface area contributed by atoms with Gasteiger partial charge in [-0.2, -0.15) is 5.10 Å². The second kappa shape index (κ2) is 5.60. The molecule has 1 aromatic carbocycles. The summed E-state index contributed by atoms with van der Waals surface area (Å²) in [5, 5.41) is 7.74. The van der Waals surface area contributed by atoms with Gasteiger partial charge in [-0.05, 0) is 31.4 Å². The van der Waals surface area contributed by atoms with E-state index in [1.54, 1.807) is 0 Å². The van der Waals surface area contributed by atoms with Crippen molar-refractivity contribution in [3.05, 3.63) is 52.8 Å². The molecule has 0 bridgehead atoms. The molecule has 1 aromatic heterocycles. The van der Waals surface area contributed by atoms with Crippen molar-refractivity contribution in [1.29, 1.82) is 0 Å². The highest BCUT2D eigenvalue weighted by molar-refractivity contribution is 5.26. The van der Waals surface area contributed by atoms with E-state index in [-0.39, 0.29) is 0 Å². The molecule has 1 fully saturated rings. The number of aromatic nitrogens is 2. The summed E-state index contributed by atoms with van der Waals surface area (Å²) in [5.74, 6) is 0.691. The van der Waals surface area contributed by atoms with E-state index in [0.29, 0.717) is 5.92 Å². The summed E-state index contributed by atoms with van der Waals surface area (Å²) < 4.78 is 0. The van der Waals surface area contributed by atoms with Crippen LogP contribution < -0.4 is 0 Å². The Hall–Kier alpha value is -1.57. The van der Waals surface area contributed by atoms with Crippen LogP contribution in [-0.4, -0.2) is 10.2 Å². The van der Waals surface area contributed by atoms with Crippen molar-refractivity contribution in [2.75, 3.05) is 0 Å². The van der Waals surface area contributed by atoms with Gasteiger partial charge in [-0.15, -0.1) is 0 Å². The van der Waals surface area contributed by atoms with Gasteiger partial charge in [-0.25, -0.2) is 0 Å². The molecule has 0 radical (unpaired) electrons. The van der Waals surface area contributed by atoms with Gasteiger partial charge in [0, 0.05) is 18.0 Å². The van der Waals surface area contributed by atoms with Crippen molar-refractivity contribution in [2.45, 2.75) is 51.4 Å². The van der Waals surface area contributed by atoms with E-state index in [0.717, 1.165) is 6.42 Å². The molecule has 0 amide bonds. The Morgan fingerprint density at radius 1 is 1.11 bits per heavy atom. The van der Waals surface area contributed by atoms with Crippen molar-refractivity contribution >= 4 is 0 Å². The molecule has 0 saturated heterocycles. The van der Waals surface area contributed by atoms with Gasteiger partial charge in [-0.3, -0.25) is 5.10 Å².